The normalized spacial score (nSPS) is 29.1. The smallest absolute Gasteiger partial charge is 0.0570 e. The molecule has 0 spiro atoms. The third-order valence-electron chi connectivity index (χ3n) is 2.93. The summed E-state index contributed by atoms with van der Waals surface area (Å²) in [5, 5.41) is 4.80. The number of hydrogen-bond donors (Lipinski definition) is 1. The van der Waals surface area contributed by atoms with Gasteiger partial charge >= 0.3 is 0 Å². The van der Waals surface area contributed by atoms with Gasteiger partial charge in [-0.25, -0.2) is 0 Å². The number of anilines is 1. The van der Waals surface area contributed by atoms with Gasteiger partial charge in [0.05, 0.1) is 12.2 Å². The Balaban J connectivity index is 2.04. The Hall–Kier alpha value is -0.440. The first-order valence-electron chi connectivity index (χ1n) is 5.91. The van der Waals surface area contributed by atoms with E-state index in [2.05, 4.69) is 19.2 Å². The lowest BCUT2D eigenvalue weighted by atomic mass is 9.99. The van der Waals surface area contributed by atoms with Crippen LogP contribution in [0, 0.1) is 0 Å². The summed E-state index contributed by atoms with van der Waals surface area (Å²) in [6.07, 6.45) is 2.61. The molecular weight excluding hydrogens is 257 g/mol. The molecule has 2 nitrogen and oxygen atoms in total. The third kappa shape index (κ3) is 3.77. The van der Waals surface area contributed by atoms with Crippen LogP contribution in [0.5, 0.6) is 0 Å². The molecule has 2 atom stereocenters. The van der Waals surface area contributed by atoms with Gasteiger partial charge in [0.2, 0.25) is 0 Å². The molecule has 0 amide bonds. The third-order valence-corrected chi connectivity index (χ3v) is 3.37. The second-order valence-electron chi connectivity index (χ2n) is 4.73. The van der Waals surface area contributed by atoms with Gasteiger partial charge in [-0.1, -0.05) is 23.2 Å². The van der Waals surface area contributed by atoms with Crippen LogP contribution in [-0.4, -0.2) is 18.2 Å². The molecule has 0 radical (unpaired) electrons. The van der Waals surface area contributed by atoms with Crippen molar-refractivity contribution in [3.8, 4) is 0 Å². The van der Waals surface area contributed by atoms with Crippen LogP contribution < -0.4 is 5.32 Å². The molecule has 4 heteroatoms. The van der Waals surface area contributed by atoms with Crippen molar-refractivity contribution in [1.82, 2.24) is 0 Å². The number of nitrogens with one attached hydrogen (secondary N) is 1. The average Bonchev–Trinajstić information content (AvgIpc) is 2.13. The maximum absolute atomic E-state index is 5.98. The molecule has 1 aliphatic heterocycles. The van der Waals surface area contributed by atoms with Crippen molar-refractivity contribution in [1.29, 1.82) is 0 Å². The second-order valence-corrected chi connectivity index (χ2v) is 5.60. The summed E-state index contributed by atoms with van der Waals surface area (Å²) in [4.78, 5) is 0. The number of rotatable bonds is 2. The Bertz CT molecular complexity index is 367. The molecular formula is C13H17Cl2NO. The van der Waals surface area contributed by atoms with E-state index in [0.29, 0.717) is 28.3 Å². The van der Waals surface area contributed by atoms with Crippen molar-refractivity contribution in [2.24, 2.45) is 0 Å². The summed E-state index contributed by atoms with van der Waals surface area (Å²) in [6.45, 7) is 4.21. The van der Waals surface area contributed by atoms with Gasteiger partial charge in [0.25, 0.3) is 0 Å². The first kappa shape index (κ1) is 13.0. The molecule has 1 aliphatic rings. The zero-order valence-corrected chi connectivity index (χ0v) is 11.6. The highest BCUT2D eigenvalue weighted by Crippen LogP contribution is 2.26. The summed E-state index contributed by atoms with van der Waals surface area (Å²) >= 11 is 12.0. The predicted octanol–water partition coefficient (Wildman–Crippen LogP) is 4.36. The van der Waals surface area contributed by atoms with Gasteiger partial charge in [-0.15, -0.1) is 0 Å². The summed E-state index contributed by atoms with van der Waals surface area (Å²) in [5.74, 6) is 0. The van der Waals surface area contributed by atoms with Crippen LogP contribution in [0.3, 0.4) is 0 Å². The van der Waals surface area contributed by atoms with Crippen LogP contribution in [0.15, 0.2) is 18.2 Å². The molecule has 1 N–H and O–H groups in total. The minimum absolute atomic E-state index is 0.297. The van der Waals surface area contributed by atoms with Crippen LogP contribution in [0.25, 0.3) is 0 Å². The zero-order chi connectivity index (χ0) is 12.4. The van der Waals surface area contributed by atoms with Crippen LogP contribution >= 0.6 is 23.2 Å². The first-order chi connectivity index (χ1) is 8.02. The topological polar surface area (TPSA) is 21.3 Å². The fourth-order valence-electron chi connectivity index (χ4n) is 2.40. The molecule has 1 aromatic carbocycles. The molecule has 2 rings (SSSR count). The van der Waals surface area contributed by atoms with Crippen LogP contribution in [0.4, 0.5) is 5.69 Å². The molecule has 1 saturated heterocycles. The lowest BCUT2D eigenvalue weighted by molar-refractivity contribution is -0.0337. The highest BCUT2D eigenvalue weighted by atomic mass is 35.5. The van der Waals surface area contributed by atoms with Crippen molar-refractivity contribution in [3.05, 3.63) is 28.2 Å². The van der Waals surface area contributed by atoms with Gasteiger partial charge in [0, 0.05) is 21.8 Å². The summed E-state index contributed by atoms with van der Waals surface area (Å²) < 4.78 is 5.71. The lowest BCUT2D eigenvalue weighted by Gasteiger charge is -2.33. The molecule has 0 aromatic heterocycles. The van der Waals surface area contributed by atoms with E-state index >= 15 is 0 Å². The maximum Gasteiger partial charge on any atom is 0.0570 e. The predicted molar refractivity (Wildman–Crippen MR) is 73.1 cm³/mol. The summed E-state index contributed by atoms with van der Waals surface area (Å²) in [5.41, 5.74) is 0.980. The van der Waals surface area contributed by atoms with Crippen molar-refractivity contribution < 1.29 is 4.74 Å². The molecule has 0 bridgehead atoms. The Kier molecular flexibility index (Phi) is 4.18. The van der Waals surface area contributed by atoms with E-state index in [1.165, 1.54) is 0 Å². The second kappa shape index (κ2) is 5.47. The molecule has 1 aromatic rings. The molecule has 0 aliphatic carbocycles. The fraction of sp³-hybridized carbons (Fsp3) is 0.538. The molecule has 2 unspecified atom stereocenters. The number of halogens is 2. The van der Waals surface area contributed by atoms with E-state index < -0.39 is 0 Å². The highest BCUT2D eigenvalue weighted by molar-refractivity contribution is 6.35. The fourth-order valence-corrected chi connectivity index (χ4v) is 2.92. The van der Waals surface area contributed by atoms with E-state index in [9.17, 15) is 0 Å². The number of hydrogen-bond acceptors (Lipinski definition) is 2. The Morgan fingerprint density at radius 3 is 2.12 bits per heavy atom. The Morgan fingerprint density at radius 1 is 1.06 bits per heavy atom. The molecule has 1 heterocycles. The molecule has 1 fully saturated rings. The van der Waals surface area contributed by atoms with E-state index in [4.69, 9.17) is 27.9 Å². The van der Waals surface area contributed by atoms with Gasteiger partial charge in [0.15, 0.2) is 0 Å². The van der Waals surface area contributed by atoms with E-state index in [0.717, 1.165) is 18.5 Å². The largest absolute Gasteiger partial charge is 0.382 e. The van der Waals surface area contributed by atoms with Crippen molar-refractivity contribution >= 4 is 28.9 Å². The van der Waals surface area contributed by atoms with Gasteiger partial charge in [-0.3, -0.25) is 0 Å². The van der Waals surface area contributed by atoms with Gasteiger partial charge in [0.1, 0.15) is 0 Å². The average molecular weight is 274 g/mol. The lowest BCUT2D eigenvalue weighted by Crippen LogP contribution is -2.36. The summed E-state index contributed by atoms with van der Waals surface area (Å²) in [6, 6.07) is 5.96. The van der Waals surface area contributed by atoms with Gasteiger partial charge in [-0.05, 0) is 44.9 Å². The van der Waals surface area contributed by atoms with Crippen LogP contribution in [0.2, 0.25) is 10.0 Å². The minimum Gasteiger partial charge on any atom is -0.382 e. The van der Waals surface area contributed by atoms with E-state index in [-0.39, 0.29) is 0 Å². The minimum atomic E-state index is 0.297. The molecule has 94 valence electrons. The molecule has 0 saturated carbocycles. The maximum atomic E-state index is 5.98. The first-order valence-corrected chi connectivity index (χ1v) is 6.66. The highest BCUT2D eigenvalue weighted by Gasteiger charge is 2.24. The Labute approximate surface area is 112 Å². The standard InChI is InChI=1S/C13H17Cl2NO/c1-8-3-12(4-9(2)17-8)16-13-6-10(14)5-11(15)7-13/h5-9,12,16H,3-4H2,1-2H3. The van der Waals surface area contributed by atoms with Crippen LogP contribution in [0.1, 0.15) is 26.7 Å². The van der Waals surface area contributed by atoms with E-state index in [1.54, 1.807) is 6.07 Å². The van der Waals surface area contributed by atoms with Gasteiger partial charge < -0.3 is 10.1 Å². The van der Waals surface area contributed by atoms with Gasteiger partial charge in [-0.2, -0.15) is 0 Å². The van der Waals surface area contributed by atoms with Crippen LogP contribution in [-0.2, 0) is 4.74 Å². The van der Waals surface area contributed by atoms with Crippen molar-refractivity contribution in [2.45, 2.75) is 44.9 Å². The SMILES string of the molecule is CC1CC(Nc2cc(Cl)cc(Cl)c2)CC(C)O1. The monoisotopic (exact) mass is 273 g/mol. The van der Waals surface area contributed by atoms with Crippen molar-refractivity contribution in [2.75, 3.05) is 5.32 Å². The quantitative estimate of drug-likeness (QED) is 0.865. The van der Waals surface area contributed by atoms with Crippen molar-refractivity contribution in [3.63, 3.8) is 0 Å². The Morgan fingerprint density at radius 2 is 1.59 bits per heavy atom. The number of ether oxygens (including phenoxy) is 1. The summed E-state index contributed by atoms with van der Waals surface area (Å²) in [7, 11) is 0. The van der Waals surface area contributed by atoms with E-state index in [1.807, 2.05) is 12.1 Å². The number of benzene rings is 1. The zero-order valence-electron chi connectivity index (χ0n) is 10.0. The molecule has 17 heavy (non-hydrogen) atoms.